The van der Waals surface area contributed by atoms with Crippen molar-refractivity contribution in [2.45, 2.75) is 6.92 Å². The Kier molecular flexibility index (Phi) is 4.89. The van der Waals surface area contributed by atoms with Gasteiger partial charge in [-0.3, -0.25) is 9.59 Å². The number of carbonyl (C=O) groups excluding carboxylic acids is 2. The van der Waals surface area contributed by atoms with Crippen LogP contribution >= 0.6 is 22.7 Å². The van der Waals surface area contributed by atoms with Gasteiger partial charge < -0.3 is 4.74 Å². The Hall–Kier alpha value is -3.73. The Morgan fingerprint density at radius 2 is 1.62 bits per heavy atom. The van der Waals surface area contributed by atoms with E-state index in [1.54, 1.807) is 24.6 Å². The Bertz CT molecular complexity index is 1470. The number of nitriles is 1. The van der Waals surface area contributed by atoms with Gasteiger partial charge in [0.2, 0.25) is 0 Å². The van der Waals surface area contributed by atoms with E-state index in [1.165, 1.54) is 11.3 Å². The fourth-order valence-corrected chi connectivity index (χ4v) is 6.04. The van der Waals surface area contributed by atoms with Gasteiger partial charge in [-0.15, -0.1) is 11.3 Å². The van der Waals surface area contributed by atoms with Gasteiger partial charge in [0.15, 0.2) is 11.3 Å². The molecular weight excluding hydrogens is 440 g/mol. The number of amides is 2. The third-order valence-electron chi connectivity index (χ3n) is 5.43. The average molecular weight is 457 g/mol. The summed E-state index contributed by atoms with van der Waals surface area (Å²) in [7, 11) is 1.54. The van der Waals surface area contributed by atoms with Crippen LogP contribution in [0.5, 0.6) is 5.06 Å². The molecular formula is C25H16N2O3S2. The minimum absolute atomic E-state index is 0.214. The van der Waals surface area contributed by atoms with Crippen molar-refractivity contribution in [2.75, 3.05) is 7.11 Å². The minimum Gasteiger partial charge on any atom is -0.487 e. The van der Waals surface area contributed by atoms with Crippen LogP contribution in [0.25, 0.3) is 31.7 Å². The largest absolute Gasteiger partial charge is 0.487 e. The number of carbonyl (C=O) groups is 2. The molecule has 32 heavy (non-hydrogen) atoms. The van der Waals surface area contributed by atoms with Crippen molar-refractivity contribution in [2.24, 2.45) is 0 Å². The summed E-state index contributed by atoms with van der Waals surface area (Å²) in [6.45, 7) is 1.92. The molecule has 2 aromatic heterocycles. The highest BCUT2D eigenvalue weighted by Crippen LogP contribution is 2.48. The third-order valence-corrected chi connectivity index (χ3v) is 7.66. The average Bonchev–Trinajstić information content (AvgIpc) is 3.45. The summed E-state index contributed by atoms with van der Waals surface area (Å²) >= 11 is 2.96. The molecule has 1 aliphatic rings. The van der Waals surface area contributed by atoms with E-state index < -0.39 is 11.8 Å². The first-order chi connectivity index (χ1) is 15.5. The van der Waals surface area contributed by atoms with E-state index in [0.29, 0.717) is 21.1 Å². The summed E-state index contributed by atoms with van der Waals surface area (Å²) in [6.07, 6.45) is 1.76. The smallest absolute Gasteiger partial charge is 0.275 e. The van der Waals surface area contributed by atoms with Gasteiger partial charge in [0.25, 0.3) is 11.8 Å². The van der Waals surface area contributed by atoms with Crippen molar-refractivity contribution in [3.8, 4) is 21.7 Å². The number of hydrogen-bond acceptors (Lipinski definition) is 6. The van der Waals surface area contributed by atoms with Crippen LogP contribution in [0.1, 0.15) is 16.0 Å². The van der Waals surface area contributed by atoms with Gasteiger partial charge in [0.1, 0.15) is 0 Å². The first-order valence-electron chi connectivity index (χ1n) is 9.80. The van der Waals surface area contributed by atoms with Gasteiger partial charge in [-0.2, -0.15) is 10.2 Å². The van der Waals surface area contributed by atoms with Gasteiger partial charge in [0.05, 0.1) is 18.3 Å². The summed E-state index contributed by atoms with van der Waals surface area (Å²) in [5, 5.41) is 10.9. The van der Waals surface area contributed by atoms with E-state index >= 15 is 0 Å². The van der Waals surface area contributed by atoms with Gasteiger partial charge in [-0.25, -0.2) is 0 Å². The maximum Gasteiger partial charge on any atom is 0.275 e. The summed E-state index contributed by atoms with van der Waals surface area (Å²) in [6, 6.07) is 19.4. The lowest BCUT2D eigenvalue weighted by Crippen LogP contribution is -2.26. The lowest BCUT2D eigenvalue weighted by atomic mass is 9.95. The highest BCUT2D eigenvalue weighted by Gasteiger charge is 2.43. The monoisotopic (exact) mass is 456 g/mol. The van der Waals surface area contributed by atoms with Gasteiger partial charge >= 0.3 is 0 Å². The Labute approximate surface area is 192 Å². The van der Waals surface area contributed by atoms with Crippen molar-refractivity contribution >= 4 is 55.7 Å². The minimum atomic E-state index is -0.624. The highest BCUT2D eigenvalue weighted by molar-refractivity contribution is 7.21. The number of hydrogen-bond donors (Lipinski definition) is 0. The SMILES string of the molecule is COc1sc2ccccc2c1C1=C(c2cc(-c3ccccc3)sc2C)C(=O)N(C#N)C1=O. The molecule has 0 saturated carbocycles. The zero-order valence-electron chi connectivity index (χ0n) is 17.2. The van der Waals surface area contributed by atoms with Crippen molar-refractivity contribution in [3.63, 3.8) is 0 Å². The standard InChI is InChI=1S/C25H16N2O3S2/c1-14-17(12-19(31-14)15-8-4-3-5-9-15)20-22(24(29)27(13-26)23(20)28)21-16-10-6-7-11-18(16)32-25(21)30-2/h3-12H,1-2H3. The van der Waals surface area contributed by atoms with Crippen LogP contribution in [-0.4, -0.2) is 23.8 Å². The van der Waals surface area contributed by atoms with E-state index in [2.05, 4.69) is 0 Å². The molecule has 3 heterocycles. The van der Waals surface area contributed by atoms with Crippen molar-refractivity contribution < 1.29 is 14.3 Å². The van der Waals surface area contributed by atoms with Crippen LogP contribution in [0.15, 0.2) is 60.7 Å². The number of fused-ring (bicyclic) bond motifs is 1. The zero-order valence-corrected chi connectivity index (χ0v) is 18.8. The number of aryl methyl sites for hydroxylation is 1. The number of rotatable bonds is 4. The van der Waals surface area contributed by atoms with Crippen LogP contribution in [0.2, 0.25) is 0 Å². The molecule has 2 aromatic carbocycles. The molecule has 0 N–H and O–H groups in total. The number of methoxy groups -OCH3 is 1. The predicted molar refractivity (Wildman–Crippen MR) is 127 cm³/mol. The fraction of sp³-hybridized carbons (Fsp3) is 0.0800. The zero-order chi connectivity index (χ0) is 22.4. The third kappa shape index (κ3) is 2.96. The fourth-order valence-electron chi connectivity index (χ4n) is 3.98. The molecule has 0 unspecified atom stereocenters. The number of thiophene rings is 2. The van der Waals surface area contributed by atoms with E-state index in [0.717, 1.165) is 25.4 Å². The molecule has 0 atom stereocenters. The number of nitrogens with zero attached hydrogens (tertiary/aromatic N) is 2. The molecule has 7 heteroatoms. The summed E-state index contributed by atoms with van der Waals surface area (Å²) in [5.74, 6) is -1.23. The normalized spacial score (nSPS) is 13.8. The predicted octanol–water partition coefficient (Wildman–Crippen LogP) is 5.71. The van der Waals surface area contributed by atoms with Crippen LogP contribution in [0.3, 0.4) is 0 Å². The number of benzene rings is 2. The topological polar surface area (TPSA) is 70.4 Å². The Morgan fingerprint density at radius 1 is 0.938 bits per heavy atom. The number of imide groups is 1. The van der Waals surface area contributed by atoms with Gasteiger partial charge in [0, 0.05) is 31.0 Å². The van der Waals surface area contributed by atoms with E-state index in [9.17, 15) is 14.9 Å². The van der Waals surface area contributed by atoms with E-state index in [1.807, 2.05) is 67.6 Å². The highest BCUT2D eigenvalue weighted by atomic mass is 32.1. The van der Waals surface area contributed by atoms with Crippen molar-refractivity contribution in [1.82, 2.24) is 4.90 Å². The molecule has 2 amide bonds. The molecule has 0 saturated heterocycles. The van der Waals surface area contributed by atoms with Crippen molar-refractivity contribution in [3.05, 3.63) is 76.7 Å². The quantitative estimate of drug-likeness (QED) is 0.291. The van der Waals surface area contributed by atoms with Crippen LogP contribution in [-0.2, 0) is 9.59 Å². The maximum absolute atomic E-state index is 13.3. The first kappa shape index (κ1) is 20.2. The number of ether oxygens (including phenoxy) is 1. The molecule has 0 fully saturated rings. The molecule has 4 aromatic rings. The maximum atomic E-state index is 13.3. The lowest BCUT2D eigenvalue weighted by molar-refractivity contribution is -0.132. The summed E-state index contributed by atoms with van der Waals surface area (Å²) in [5.41, 5.74) is 2.71. The first-order valence-corrected chi connectivity index (χ1v) is 11.4. The van der Waals surface area contributed by atoms with Crippen molar-refractivity contribution in [1.29, 1.82) is 5.26 Å². The molecule has 0 aliphatic carbocycles. The second-order valence-corrected chi connectivity index (χ2v) is 9.48. The Balaban J connectivity index is 1.81. The Morgan fingerprint density at radius 3 is 2.34 bits per heavy atom. The molecule has 156 valence electrons. The molecule has 0 radical (unpaired) electrons. The van der Waals surface area contributed by atoms with Crippen LogP contribution in [0.4, 0.5) is 0 Å². The molecule has 0 bridgehead atoms. The molecule has 5 rings (SSSR count). The molecule has 0 spiro atoms. The summed E-state index contributed by atoms with van der Waals surface area (Å²) < 4.78 is 6.54. The molecule has 5 nitrogen and oxygen atoms in total. The van der Waals surface area contributed by atoms with Gasteiger partial charge in [-0.05, 0) is 24.6 Å². The van der Waals surface area contributed by atoms with E-state index in [4.69, 9.17) is 4.74 Å². The lowest BCUT2D eigenvalue weighted by Gasteiger charge is -2.06. The second-order valence-electron chi connectivity index (χ2n) is 7.21. The van der Waals surface area contributed by atoms with Crippen LogP contribution in [0, 0.1) is 18.4 Å². The van der Waals surface area contributed by atoms with Gasteiger partial charge in [-0.1, -0.05) is 59.9 Å². The molecule has 1 aliphatic heterocycles. The second kappa shape index (κ2) is 7.75. The van der Waals surface area contributed by atoms with E-state index in [-0.39, 0.29) is 11.1 Å². The van der Waals surface area contributed by atoms with Crippen LogP contribution < -0.4 is 4.74 Å². The summed E-state index contributed by atoms with van der Waals surface area (Å²) in [4.78, 5) is 29.1.